The van der Waals surface area contributed by atoms with Crippen LogP contribution in [-0.2, 0) is 22.4 Å². The molecule has 1 unspecified atom stereocenters. The van der Waals surface area contributed by atoms with Crippen LogP contribution in [0.5, 0.6) is 0 Å². The van der Waals surface area contributed by atoms with Crippen LogP contribution in [0.15, 0.2) is 29.6 Å². The van der Waals surface area contributed by atoms with Crippen LogP contribution in [0.3, 0.4) is 0 Å². The van der Waals surface area contributed by atoms with Crippen molar-refractivity contribution in [3.63, 3.8) is 0 Å². The van der Waals surface area contributed by atoms with E-state index in [0.717, 1.165) is 17.0 Å². The predicted molar refractivity (Wildman–Crippen MR) is 90.5 cm³/mol. The number of carbonyl (C=O) groups is 2. The molecule has 0 aliphatic carbocycles. The summed E-state index contributed by atoms with van der Waals surface area (Å²) in [5, 5.41) is 14.1. The van der Waals surface area contributed by atoms with Crippen LogP contribution in [0.4, 0.5) is 0 Å². The third-order valence-electron chi connectivity index (χ3n) is 3.39. The summed E-state index contributed by atoms with van der Waals surface area (Å²) in [4.78, 5) is 27.0. The van der Waals surface area contributed by atoms with Gasteiger partial charge in [0.25, 0.3) is 0 Å². The molecule has 0 bridgehead atoms. The van der Waals surface area contributed by atoms with Gasteiger partial charge in [0.15, 0.2) is 0 Å². The van der Waals surface area contributed by atoms with Crippen LogP contribution < -0.4 is 5.32 Å². The molecule has 1 atom stereocenters. The van der Waals surface area contributed by atoms with Crippen molar-refractivity contribution >= 4 is 23.2 Å². The SMILES string of the molecule is CCc1ccc(-c2nc(CC(=O)NC(C)CC(=O)O)cs2)cc1. The highest BCUT2D eigenvalue weighted by molar-refractivity contribution is 7.13. The summed E-state index contributed by atoms with van der Waals surface area (Å²) in [6.07, 6.45) is 1.07. The van der Waals surface area contributed by atoms with Crippen LogP contribution in [-0.4, -0.2) is 28.0 Å². The Morgan fingerprint density at radius 1 is 1.30 bits per heavy atom. The molecule has 0 aliphatic rings. The molecule has 1 amide bonds. The summed E-state index contributed by atoms with van der Waals surface area (Å²) >= 11 is 1.50. The number of carbonyl (C=O) groups excluding carboxylic acids is 1. The molecule has 1 aromatic carbocycles. The molecule has 1 heterocycles. The minimum atomic E-state index is -0.927. The first kappa shape index (κ1) is 17.1. The van der Waals surface area contributed by atoms with Crippen LogP contribution >= 0.6 is 11.3 Å². The van der Waals surface area contributed by atoms with E-state index in [0.29, 0.717) is 5.69 Å². The van der Waals surface area contributed by atoms with Gasteiger partial charge in [-0.25, -0.2) is 4.98 Å². The summed E-state index contributed by atoms with van der Waals surface area (Å²) in [5.41, 5.74) is 3.01. The Kier molecular flexibility index (Phi) is 5.87. The van der Waals surface area contributed by atoms with Crippen LogP contribution in [0.1, 0.15) is 31.5 Å². The van der Waals surface area contributed by atoms with Gasteiger partial charge in [-0.3, -0.25) is 9.59 Å². The van der Waals surface area contributed by atoms with Gasteiger partial charge in [0.1, 0.15) is 5.01 Å². The molecule has 6 heteroatoms. The number of rotatable bonds is 7. The Bertz CT molecular complexity index is 679. The summed E-state index contributed by atoms with van der Waals surface area (Å²) in [7, 11) is 0. The Labute approximate surface area is 139 Å². The molecular formula is C17H20N2O3S. The van der Waals surface area contributed by atoms with Crippen molar-refractivity contribution in [2.75, 3.05) is 0 Å². The lowest BCUT2D eigenvalue weighted by Crippen LogP contribution is -2.35. The maximum absolute atomic E-state index is 11.9. The second-order valence-corrected chi connectivity index (χ2v) is 6.30. The molecular weight excluding hydrogens is 312 g/mol. The van der Waals surface area contributed by atoms with Gasteiger partial charge in [-0.15, -0.1) is 11.3 Å². The number of carboxylic acid groups (broad SMARTS) is 1. The molecule has 0 saturated carbocycles. The van der Waals surface area contributed by atoms with Crippen molar-refractivity contribution in [3.05, 3.63) is 40.9 Å². The van der Waals surface area contributed by atoms with Crippen molar-refractivity contribution in [3.8, 4) is 10.6 Å². The van der Waals surface area contributed by atoms with Crippen LogP contribution in [0.25, 0.3) is 10.6 Å². The molecule has 0 fully saturated rings. The Balaban J connectivity index is 1.96. The van der Waals surface area contributed by atoms with E-state index in [-0.39, 0.29) is 24.8 Å². The standard InChI is InChI=1S/C17H20N2O3S/c1-3-12-4-6-13(7-5-12)17-19-14(10-23-17)9-15(20)18-11(2)8-16(21)22/h4-7,10-11H,3,8-9H2,1-2H3,(H,18,20)(H,21,22). The maximum atomic E-state index is 11.9. The number of aryl methyl sites for hydroxylation is 1. The normalized spacial score (nSPS) is 11.9. The van der Waals surface area contributed by atoms with E-state index >= 15 is 0 Å². The molecule has 2 N–H and O–H groups in total. The molecule has 2 aromatic rings. The predicted octanol–water partition coefficient (Wildman–Crippen LogP) is 2.89. The van der Waals surface area contributed by atoms with Crippen molar-refractivity contribution in [1.82, 2.24) is 10.3 Å². The van der Waals surface area contributed by atoms with Crippen molar-refractivity contribution in [2.45, 2.75) is 39.2 Å². The van der Waals surface area contributed by atoms with E-state index in [1.54, 1.807) is 6.92 Å². The fourth-order valence-corrected chi connectivity index (χ4v) is 3.03. The van der Waals surface area contributed by atoms with Crippen LogP contribution in [0.2, 0.25) is 0 Å². The Morgan fingerprint density at radius 3 is 2.61 bits per heavy atom. The highest BCUT2D eigenvalue weighted by Crippen LogP contribution is 2.24. The fraction of sp³-hybridized carbons (Fsp3) is 0.353. The first-order chi connectivity index (χ1) is 11.0. The fourth-order valence-electron chi connectivity index (χ4n) is 2.21. The highest BCUT2D eigenvalue weighted by atomic mass is 32.1. The lowest BCUT2D eigenvalue weighted by atomic mass is 10.1. The topological polar surface area (TPSA) is 79.3 Å². The number of hydrogen-bond donors (Lipinski definition) is 2. The van der Waals surface area contributed by atoms with E-state index < -0.39 is 5.97 Å². The van der Waals surface area contributed by atoms with Crippen LogP contribution in [0, 0.1) is 0 Å². The molecule has 0 radical (unpaired) electrons. The molecule has 5 nitrogen and oxygen atoms in total. The molecule has 0 saturated heterocycles. The lowest BCUT2D eigenvalue weighted by molar-refractivity contribution is -0.137. The number of benzene rings is 1. The van der Waals surface area contributed by atoms with Crippen molar-refractivity contribution < 1.29 is 14.7 Å². The second kappa shape index (κ2) is 7.87. The van der Waals surface area contributed by atoms with E-state index in [1.165, 1.54) is 16.9 Å². The first-order valence-electron chi connectivity index (χ1n) is 7.52. The van der Waals surface area contributed by atoms with Crippen molar-refractivity contribution in [2.24, 2.45) is 0 Å². The number of hydrogen-bond acceptors (Lipinski definition) is 4. The van der Waals surface area contributed by atoms with Gasteiger partial charge in [-0.05, 0) is 18.9 Å². The van der Waals surface area contributed by atoms with Gasteiger partial charge in [0.2, 0.25) is 5.91 Å². The largest absolute Gasteiger partial charge is 0.481 e. The van der Waals surface area contributed by atoms with E-state index in [2.05, 4.69) is 29.4 Å². The minimum absolute atomic E-state index is 0.0855. The number of nitrogens with zero attached hydrogens (tertiary/aromatic N) is 1. The van der Waals surface area contributed by atoms with E-state index in [9.17, 15) is 9.59 Å². The number of aromatic nitrogens is 1. The number of aliphatic carboxylic acids is 1. The number of amides is 1. The van der Waals surface area contributed by atoms with E-state index in [1.807, 2.05) is 17.5 Å². The summed E-state index contributed by atoms with van der Waals surface area (Å²) in [6.45, 7) is 3.79. The number of carboxylic acids is 1. The van der Waals surface area contributed by atoms with Gasteiger partial charge in [-0.2, -0.15) is 0 Å². The average molecular weight is 332 g/mol. The molecule has 1 aromatic heterocycles. The van der Waals surface area contributed by atoms with Gasteiger partial charge in [0.05, 0.1) is 18.5 Å². The third kappa shape index (κ3) is 5.17. The zero-order valence-electron chi connectivity index (χ0n) is 13.2. The quantitative estimate of drug-likeness (QED) is 0.817. The maximum Gasteiger partial charge on any atom is 0.305 e. The molecule has 0 spiro atoms. The lowest BCUT2D eigenvalue weighted by Gasteiger charge is -2.10. The third-order valence-corrected chi connectivity index (χ3v) is 4.33. The zero-order chi connectivity index (χ0) is 16.8. The summed E-state index contributed by atoms with van der Waals surface area (Å²) < 4.78 is 0. The molecule has 122 valence electrons. The van der Waals surface area contributed by atoms with Gasteiger partial charge in [-0.1, -0.05) is 31.2 Å². The zero-order valence-corrected chi connectivity index (χ0v) is 14.0. The summed E-state index contributed by atoms with van der Waals surface area (Å²) in [6, 6.07) is 7.85. The first-order valence-corrected chi connectivity index (χ1v) is 8.40. The number of thiazole rings is 1. The van der Waals surface area contributed by atoms with Crippen molar-refractivity contribution in [1.29, 1.82) is 0 Å². The van der Waals surface area contributed by atoms with E-state index in [4.69, 9.17) is 5.11 Å². The molecule has 23 heavy (non-hydrogen) atoms. The Hall–Kier alpha value is -2.21. The van der Waals surface area contributed by atoms with Gasteiger partial charge in [0, 0.05) is 17.0 Å². The Morgan fingerprint density at radius 2 is 2.00 bits per heavy atom. The van der Waals surface area contributed by atoms with Gasteiger partial charge < -0.3 is 10.4 Å². The highest BCUT2D eigenvalue weighted by Gasteiger charge is 2.13. The van der Waals surface area contributed by atoms with Gasteiger partial charge >= 0.3 is 5.97 Å². The average Bonchev–Trinajstić information content (AvgIpc) is 2.94. The smallest absolute Gasteiger partial charge is 0.305 e. The number of nitrogens with one attached hydrogen (secondary N) is 1. The molecule has 2 rings (SSSR count). The minimum Gasteiger partial charge on any atom is -0.481 e. The second-order valence-electron chi connectivity index (χ2n) is 5.44. The summed E-state index contributed by atoms with van der Waals surface area (Å²) in [5.74, 6) is -1.14. The molecule has 0 aliphatic heterocycles. The monoisotopic (exact) mass is 332 g/mol.